The average Bonchev–Trinajstić information content (AvgIpc) is 2.69. The second kappa shape index (κ2) is 6.31. The standard InChI is InChI=1S/C17H24N2O2/c1-11-10-14(21-5)6-7-15(11)17(20)9-8-16-12(2)18-19(4)13(16)3/h6-7,10,17,20H,8-9H2,1-5H3. The molecule has 0 amide bonds. The van der Waals surface area contributed by atoms with E-state index in [1.807, 2.05) is 43.8 Å². The molecule has 1 heterocycles. The third-order valence-electron chi connectivity index (χ3n) is 4.16. The molecule has 1 N–H and O–H groups in total. The van der Waals surface area contributed by atoms with Crippen LogP contribution in [0.1, 0.15) is 40.6 Å². The molecule has 0 bridgehead atoms. The smallest absolute Gasteiger partial charge is 0.119 e. The third kappa shape index (κ3) is 3.27. The Kier molecular flexibility index (Phi) is 4.68. The summed E-state index contributed by atoms with van der Waals surface area (Å²) in [6, 6.07) is 5.80. The average molecular weight is 288 g/mol. The van der Waals surface area contributed by atoms with Gasteiger partial charge in [-0.25, -0.2) is 0 Å². The highest BCUT2D eigenvalue weighted by Gasteiger charge is 2.15. The number of aliphatic hydroxyl groups excluding tert-OH is 1. The van der Waals surface area contributed by atoms with Crippen LogP contribution in [-0.2, 0) is 13.5 Å². The summed E-state index contributed by atoms with van der Waals surface area (Å²) in [5.74, 6) is 0.822. The van der Waals surface area contributed by atoms with Crippen LogP contribution in [0.15, 0.2) is 18.2 Å². The van der Waals surface area contributed by atoms with Crippen LogP contribution in [0.25, 0.3) is 0 Å². The fourth-order valence-electron chi connectivity index (χ4n) is 2.76. The normalized spacial score (nSPS) is 12.5. The molecule has 0 saturated heterocycles. The largest absolute Gasteiger partial charge is 0.497 e. The predicted octanol–water partition coefficient (Wildman–Crippen LogP) is 3.02. The molecule has 2 aromatic rings. The molecule has 0 spiro atoms. The molecule has 0 aliphatic heterocycles. The van der Waals surface area contributed by atoms with E-state index in [1.165, 1.54) is 11.3 Å². The van der Waals surface area contributed by atoms with Crippen LogP contribution in [0.3, 0.4) is 0 Å². The Morgan fingerprint density at radius 1 is 1.29 bits per heavy atom. The minimum atomic E-state index is -0.463. The topological polar surface area (TPSA) is 47.3 Å². The second-order valence-corrected chi connectivity index (χ2v) is 5.55. The van der Waals surface area contributed by atoms with Gasteiger partial charge in [-0.3, -0.25) is 4.68 Å². The van der Waals surface area contributed by atoms with Gasteiger partial charge in [0, 0.05) is 12.7 Å². The second-order valence-electron chi connectivity index (χ2n) is 5.55. The Morgan fingerprint density at radius 3 is 2.52 bits per heavy atom. The molecular weight excluding hydrogens is 264 g/mol. The Bertz CT molecular complexity index is 632. The van der Waals surface area contributed by atoms with Crippen molar-refractivity contribution in [3.8, 4) is 5.75 Å². The van der Waals surface area contributed by atoms with E-state index in [2.05, 4.69) is 12.0 Å². The van der Waals surface area contributed by atoms with Crippen molar-refractivity contribution in [2.45, 2.75) is 39.7 Å². The van der Waals surface area contributed by atoms with Gasteiger partial charge in [0.15, 0.2) is 0 Å². The first kappa shape index (κ1) is 15.6. The maximum Gasteiger partial charge on any atom is 0.119 e. The zero-order valence-corrected chi connectivity index (χ0v) is 13.5. The number of ether oxygens (including phenoxy) is 1. The molecule has 1 aromatic heterocycles. The van der Waals surface area contributed by atoms with E-state index in [0.717, 1.165) is 29.0 Å². The first-order chi connectivity index (χ1) is 9.93. The van der Waals surface area contributed by atoms with Gasteiger partial charge >= 0.3 is 0 Å². The van der Waals surface area contributed by atoms with Gasteiger partial charge < -0.3 is 9.84 Å². The molecule has 1 aromatic carbocycles. The van der Waals surface area contributed by atoms with Crippen molar-refractivity contribution >= 4 is 0 Å². The number of hydrogen-bond acceptors (Lipinski definition) is 3. The van der Waals surface area contributed by atoms with Crippen LogP contribution in [0.2, 0.25) is 0 Å². The summed E-state index contributed by atoms with van der Waals surface area (Å²) in [5.41, 5.74) is 5.49. The van der Waals surface area contributed by atoms with Crippen molar-refractivity contribution in [1.82, 2.24) is 9.78 Å². The third-order valence-corrected chi connectivity index (χ3v) is 4.16. The van der Waals surface area contributed by atoms with Gasteiger partial charge in [-0.05, 0) is 62.4 Å². The fraction of sp³-hybridized carbons (Fsp3) is 0.471. The number of aryl methyl sites for hydroxylation is 3. The van der Waals surface area contributed by atoms with Crippen LogP contribution >= 0.6 is 0 Å². The number of rotatable bonds is 5. The van der Waals surface area contributed by atoms with Crippen molar-refractivity contribution in [1.29, 1.82) is 0 Å². The van der Waals surface area contributed by atoms with Crippen molar-refractivity contribution < 1.29 is 9.84 Å². The zero-order chi connectivity index (χ0) is 15.6. The van der Waals surface area contributed by atoms with Gasteiger partial charge in [-0.1, -0.05) is 6.07 Å². The SMILES string of the molecule is COc1ccc(C(O)CCc2c(C)nn(C)c2C)c(C)c1. The number of nitrogens with zero attached hydrogens (tertiary/aromatic N) is 2. The summed E-state index contributed by atoms with van der Waals surface area (Å²) in [7, 11) is 3.61. The molecule has 4 heteroatoms. The summed E-state index contributed by atoms with van der Waals surface area (Å²) in [6.07, 6.45) is 1.06. The molecule has 0 saturated carbocycles. The van der Waals surface area contributed by atoms with Gasteiger partial charge in [0.1, 0.15) is 5.75 Å². The molecule has 114 valence electrons. The lowest BCUT2D eigenvalue weighted by molar-refractivity contribution is 0.167. The molecule has 0 radical (unpaired) electrons. The molecule has 2 rings (SSSR count). The fourth-order valence-corrected chi connectivity index (χ4v) is 2.76. The molecule has 4 nitrogen and oxygen atoms in total. The van der Waals surface area contributed by atoms with E-state index in [4.69, 9.17) is 4.74 Å². The summed E-state index contributed by atoms with van der Waals surface area (Å²) < 4.78 is 7.10. The lowest BCUT2D eigenvalue weighted by Crippen LogP contribution is -2.03. The minimum Gasteiger partial charge on any atom is -0.497 e. The van der Waals surface area contributed by atoms with Crippen LogP contribution in [0, 0.1) is 20.8 Å². The molecule has 21 heavy (non-hydrogen) atoms. The molecular formula is C17H24N2O2. The highest BCUT2D eigenvalue weighted by molar-refractivity contribution is 5.36. The first-order valence-electron chi connectivity index (χ1n) is 7.25. The van der Waals surface area contributed by atoms with Crippen molar-refractivity contribution in [2.24, 2.45) is 7.05 Å². The number of aliphatic hydroxyl groups is 1. The molecule has 1 atom stereocenters. The maximum atomic E-state index is 10.4. The van der Waals surface area contributed by atoms with E-state index < -0.39 is 6.10 Å². The van der Waals surface area contributed by atoms with E-state index in [-0.39, 0.29) is 0 Å². The lowest BCUT2D eigenvalue weighted by Gasteiger charge is -2.15. The van der Waals surface area contributed by atoms with Crippen molar-refractivity contribution in [3.63, 3.8) is 0 Å². The van der Waals surface area contributed by atoms with Gasteiger partial charge in [-0.15, -0.1) is 0 Å². The summed E-state index contributed by atoms with van der Waals surface area (Å²) >= 11 is 0. The van der Waals surface area contributed by atoms with E-state index >= 15 is 0 Å². The van der Waals surface area contributed by atoms with Gasteiger partial charge in [0.25, 0.3) is 0 Å². The van der Waals surface area contributed by atoms with Gasteiger partial charge in [0.05, 0.1) is 18.9 Å². The molecule has 1 unspecified atom stereocenters. The number of methoxy groups -OCH3 is 1. The van der Waals surface area contributed by atoms with Gasteiger partial charge in [0.2, 0.25) is 0 Å². The van der Waals surface area contributed by atoms with Crippen LogP contribution in [-0.4, -0.2) is 22.0 Å². The van der Waals surface area contributed by atoms with Crippen LogP contribution in [0.5, 0.6) is 5.75 Å². The molecule has 0 aliphatic carbocycles. The summed E-state index contributed by atoms with van der Waals surface area (Å²) in [5, 5.41) is 14.9. The number of aromatic nitrogens is 2. The quantitative estimate of drug-likeness (QED) is 0.920. The van der Waals surface area contributed by atoms with E-state index in [9.17, 15) is 5.11 Å². The van der Waals surface area contributed by atoms with Crippen molar-refractivity contribution in [2.75, 3.05) is 7.11 Å². The van der Waals surface area contributed by atoms with E-state index in [0.29, 0.717) is 6.42 Å². The molecule has 0 fully saturated rings. The minimum absolute atomic E-state index is 0.463. The highest BCUT2D eigenvalue weighted by atomic mass is 16.5. The number of benzene rings is 1. The maximum absolute atomic E-state index is 10.4. The van der Waals surface area contributed by atoms with Gasteiger partial charge in [-0.2, -0.15) is 5.10 Å². The zero-order valence-electron chi connectivity index (χ0n) is 13.5. The Morgan fingerprint density at radius 2 is 2.00 bits per heavy atom. The Labute approximate surface area is 126 Å². The predicted molar refractivity (Wildman–Crippen MR) is 83.7 cm³/mol. The summed E-state index contributed by atoms with van der Waals surface area (Å²) in [6.45, 7) is 6.09. The molecule has 0 aliphatic rings. The van der Waals surface area contributed by atoms with Crippen LogP contribution in [0.4, 0.5) is 0 Å². The van der Waals surface area contributed by atoms with Crippen LogP contribution < -0.4 is 4.74 Å². The Hall–Kier alpha value is -1.81. The van der Waals surface area contributed by atoms with E-state index in [1.54, 1.807) is 7.11 Å². The Balaban J connectivity index is 2.10. The first-order valence-corrected chi connectivity index (χ1v) is 7.25. The monoisotopic (exact) mass is 288 g/mol. The highest BCUT2D eigenvalue weighted by Crippen LogP contribution is 2.26. The summed E-state index contributed by atoms with van der Waals surface area (Å²) in [4.78, 5) is 0. The number of hydrogen-bond donors (Lipinski definition) is 1. The lowest BCUT2D eigenvalue weighted by atomic mass is 9.97. The van der Waals surface area contributed by atoms with Crippen molar-refractivity contribution in [3.05, 3.63) is 46.3 Å².